The van der Waals surface area contributed by atoms with Crippen LogP contribution in [0.5, 0.6) is 0 Å². The Hall–Kier alpha value is -2.52. The first-order valence-electron chi connectivity index (χ1n) is 13.7. The van der Waals surface area contributed by atoms with Gasteiger partial charge in [0.1, 0.15) is 23.2 Å². The van der Waals surface area contributed by atoms with Crippen molar-refractivity contribution in [1.82, 2.24) is 10.4 Å². The lowest BCUT2D eigenvalue weighted by Crippen LogP contribution is -2.63. The van der Waals surface area contributed by atoms with Crippen LogP contribution in [0.15, 0.2) is 72.8 Å². The van der Waals surface area contributed by atoms with Crippen molar-refractivity contribution in [2.75, 3.05) is 6.16 Å². The van der Waals surface area contributed by atoms with E-state index < -0.39 is 18.3 Å². The van der Waals surface area contributed by atoms with E-state index in [1.54, 1.807) is 0 Å². The molecule has 3 aromatic carbocycles. The van der Waals surface area contributed by atoms with Gasteiger partial charge in [-0.1, -0.05) is 53.1 Å². The molecule has 0 radical (unpaired) electrons. The van der Waals surface area contributed by atoms with Gasteiger partial charge in [0.25, 0.3) is 0 Å². The number of hydroxylamine groups is 2. The number of nitrogens with one attached hydrogen (secondary N) is 1. The maximum atomic E-state index is 13.5. The molecule has 1 saturated heterocycles. The minimum Gasteiger partial charge on any atom is -0.353 e. The first kappa shape index (κ1) is 28.5. The van der Waals surface area contributed by atoms with Crippen LogP contribution in [0.2, 0.25) is 0 Å². The van der Waals surface area contributed by atoms with Gasteiger partial charge < -0.3 is 10.5 Å². The molecule has 4 rings (SSSR count). The number of amides is 1. The molecule has 0 unspecified atom stereocenters. The number of carbonyl (C=O) groups excluding carboxylic acids is 1. The zero-order valence-electron chi connectivity index (χ0n) is 24.1. The van der Waals surface area contributed by atoms with Crippen LogP contribution in [0.1, 0.15) is 63.6 Å². The molecule has 38 heavy (non-hydrogen) atoms. The highest BCUT2D eigenvalue weighted by Gasteiger charge is 2.47. The second kappa shape index (κ2) is 10.9. The maximum absolute atomic E-state index is 13.5. The number of carbonyl (C=O) groups is 1. The summed E-state index contributed by atoms with van der Waals surface area (Å²) in [5.41, 5.74) is 2.90. The summed E-state index contributed by atoms with van der Waals surface area (Å²) in [5.74, 6) is 0.0868. The number of piperidine rings is 1. The highest BCUT2D eigenvalue weighted by molar-refractivity contribution is 7.95. The predicted octanol–water partition coefficient (Wildman–Crippen LogP) is 5.82. The molecule has 1 fully saturated rings. The molecule has 2 N–H and O–H groups in total. The third-order valence-electron chi connectivity index (χ3n) is 8.10. The first-order chi connectivity index (χ1) is 17.8. The highest BCUT2D eigenvalue weighted by atomic mass is 31.2. The normalized spacial score (nSPS) is 17.8. The summed E-state index contributed by atoms with van der Waals surface area (Å²) in [6.07, 6.45) is 2.64. The summed E-state index contributed by atoms with van der Waals surface area (Å²) in [6, 6.07) is 26.8. The van der Waals surface area contributed by atoms with E-state index in [0.717, 1.165) is 6.16 Å². The van der Waals surface area contributed by atoms with E-state index in [1.165, 1.54) is 37.7 Å². The number of rotatable bonds is 7. The Bertz CT molecular complexity index is 1120. The standard InChI is InChI=1S/C33H43N2O2P/c1-24-8-14-28(15-9-24)38(29-16-10-25(2)11-17-29,30-18-12-26(3)13-19-30)21-20-31(36)34-27-22-32(4,5)35(37)33(6,7)23-27/h8-19,27,37H,20-23H2,1-7H3/p+1. The lowest BCUT2D eigenvalue weighted by molar-refractivity contribution is -0.246. The molecule has 1 amide bonds. The molecule has 1 aliphatic rings. The van der Waals surface area contributed by atoms with Crippen LogP contribution in [0.3, 0.4) is 0 Å². The van der Waals surface area contributed by atoms with Crippen LogP contribution in [-0.2, 0) is 4.79 Å². The number of hydrogen-bond acceptors (Lipinski definition) is 3. The quantitative estimate of drug-likeness (QED) is 0.378. The molecule has 0 aliphatic carbocycles. The third kappa shape index (κ3) is 5.88. The molecule has 0 bridgehead atoms. The zero-order valence-corrected chi connectivity index (χ0v) is 25.0. The lowest BCUT2D eigenvalue weighted by Gasteiger charge is -2.51. The van der Waals surface area contributed by atoms with Crippen molar-refractivity contribution < 1.29 is 10.0 Å². The molecule has 4 nitrogen and oxygen atoms in total. The van der Waals surface area contributed by atoms with E-state index in [-0.39, 0.29) is 11.9 Å². The second-order valence-corrected chi connectivity index (χ2v) is 16.0. The molecule has 0 spiro atoms. The fourth-order valence-electron chi connectivity index (χ4n) is 6.17. The van der Waals surface area contributed by atoms with Gasteiger partial charge in [0.15, 0.2) is 0 Å². The van der Waals surface area contributed by atoms with E-state index in [4.69, 9.17) is 0 Å². The number of benzene rings is 3. The fourth-order valence-corrected chi connectivity index (χ4v) is 10.4. The van der Waals surface area contributed by atoms with Crippen molar-refractivity contribution >= 4 is 29.1 Å². The first-order valence-corrected chi connectivity index (χ1v) is 15.7. The highest BCUT2D eigenvalue weighted by Crippen LogP contribution is 2.56. The van der Waals surface area contributed by atoms with Crippen LogP contribution in [-0.4, -0.2) is 39.5 Å². The molecule has 1 aliphatic heterocycles. The van der Waals surface area contributed by atoms with Crippen molar-refractivity contribution in [2.45, 2.75) is 84.8 Å². The van der Waals surface area contributed by atoms with Gasteiger partial charge in [-0.25, -0.2) is 0 Å². The van der Waals surface area contributed by atoms with E-state index >= 15 is 0 Å². The molecular formula is C33H44N2O2P+. The molecule has 0 aromatic heterocycles. The van der Waals surface area contributed by atoms with E-state index in [0.29, 0.717) is 19.3 Å². The van der Waals surface area contributed by atoms with Gasteiger partial charge in [0.05, 0.1) is 12.6 Å². The van der Waals surface area contributed by atoms with Crippen molar-refractivity contribution in [3.05, 3.63) is 89.5 Å². The molecule has 3 aromatic rings. The summed E-state index contributed by atoms with van der Waals surface area (Å²) in [5, 5.41) is 19.4. The van der Waals surface area contributed by atoms with Crippen molar-refractivity contribution in [3.8, 4) is 0 Å². The Morgan fingerprint density at radius 3 is 1.45 bits per heavy atom. The van der Waals surface area contributed by atoms with Gasteiger partial charge in [-0.15, -0.1) is 0 Å². The van der Waals surface area contributed by atoms with Crippen LogP contribution >= 0.6 is 7.26 Å². The minimum absolute atomic E-state index is 0.0294. The van der Waals surface area contributed by atoms with Gasteiger partial charge in [0.2, 0.25) is 5.91 Å². The van der Waals surface area contributed by atoms with Crippen LogP contribution in [0, 0.1) is 20.8 Å². The van der Waals surface area contributed by atoms with Gasteiger partial charge >= 0.3 is 0 Å². The zero-order chi connectivity index (χ0) is 27.7. The SMILES string of the molecule is Cc1ccc([P+](CCC(=O)NC2CC(C)(C)N(O)C(C)(C)C2)(c2ccc(C)cc2)c2ccc(C)cc2)cc1. The Labute approximate surface area is 229 Å². The molecule has 1 heterocycles. The van der Waals surface area contributed by atoms with Gasteiger partial charge in [-0.3, -0.25) is 4.79 Å². The monoisotopic (exact) mass is 531 g/mol. The minimum atomic E-state index is -2.09. The maximum Gasteiger partial charge on any atom is 0.223 e. The number of aryl methyl sites for hydroxylation is 3. The topological polar surface area (TPSA) is 52.6 Å². The van der Waals surface area contributed by atoms with Crippen molar-refractivity contribution in [3.63, 3.8) is 0 Å². The largest absolute Gasteiger partial charge is 0.353 e. The molecule has 5 heteroatoms. The van der Waals surface area contributed by atoms with Gasteiger partial charge in [-0.05, 0) is 97.7 Å². The van der Waals surface area contributed by atoms with Crippen molar-refractivity contribution in [2.24, 2.45) is 0 Å². The summed E-state index contributed by atoms with van der Waals surface area (Å²) in [7, 11) is -2.09. The summed E-state index contributed by atoms with van der Waals surface area (Å²) in [4.78, 5) is 13.5. The van der Waals surface area contributed by atoms with Gasteiger partial charge in [-0.2, -0.15) is 5.06 Å². The number of nitrogens with zero attached hydrogens (tertiary/aromatic N) is 1. The predicted molar refractivity (Wildman–Crippen MR) is 162 cm³/mol. The molecule has 0 atom stereocenters. The van der Waals surface area contributed by atoms with Crippen LogP contribution in [0.4, 0.5) is 0 Å². The third-order valence-corrected chi connectivity index (χ3v) is 12.5. The Balaban J connectivity index is 1.69. The van der Waals surface area contributed by atoms with Gasteiger partial charge in [0, 0.05) is 17.1 Å². The van der Waals surface area contributed by atoms with E-state index in [2.05, 4.69) is 98.9 Å². The summed E-state index contributed by atoms with van der Waals surface area (Å²) < 4.78 is 0. The molecule has 202 valence electrons. The average molecular weight is 532 g/mol. The molecule has 0 saturated carbocycles. The fraction of sp³-hybridized carbons (Fsp3) is 0.424. The lowest BCUT2D eigenvalue weighted by atomic mass is 9.79. The van der Waals surface area contributed by atoms with Crippen LogP contribution < -0.4 is 21.2 Å². The number of hydrogen-bond donors (Lipinski definition) is 2. The summed E-state index contributed by atoms with van der Waals surface area (Å²) in [6.45, 7) is 14.5. The summed E-state index contributed by atoms with van der Waals surface area (Å²) >= 11 is 0. The Morgan fingerprint density at radius 2 is 1.11 bits per heavy atom. The molecular weight excluding hydrogens is 487 g/mol. The Kier molecular flexibility index (Phi) is 8.19. The van der Waals surface area contributed by atoms with Crippen molar-refractivity contribution in [1.29, 1.82) is 0 Å². The van der Waals surface area contributed by atoms with E-state index in [9.17, 15) is 10.0 Å². The Morgan fingerprint density at radius 1 is 0.763 bits per heavy atom. The van der Waals surface area contributed by atoms with Crippen LogP contribution in [0.25, 0.3) is 0 Å². The second-order valence-electron chi connectivity index (χ2n) is 12.4. The van der Waals surface area contributed by atoms with E-state index in [1.807, 2.05) is 27.7 Å². The average Bonchev–Trinajstić information content (AvgIpc) is 2.85. The smallest absolute Gasteiger partial charge is 0.223 e.